The van der Waals surface area contributed by atoms with E-state index in [2.05, 4.69) is 18.1 Å². The van der Waals surface area contributed by atoms with Crippen molar-refractivity contribution in [2.75, 3.05) is 19.1 Å². The zero-order valence-electron chi connectivity index (χ0n) is 11.7. The van der Waals surface area contributed by atoms with E-state index in [1.54, 1.807) is 6.07 Å². The Kier molecular flexibility index (Phi) is 6.31. The summed E-state index contributed by atoms with van der Waals surface area (Å²) in [4.78, 5) is 2.20. The van der Waals surface area contributed by atoms with Crippen LogP contribution >= 0.6 is 11.8 Å². The van der Waals surface area contributed by atoms with E-state index in [9.17, 15) is 4.39 Å². The number of nitrogens with zero attached hydrogens (tertiary/aromatic N) is 1. The number of hydrogen-bond acceptors (Lipinski definition) is 3. The van der Waals surface area contributed by atoms with Gasteiger partial charge in [0, 0.05) is 18.2 Å². The summed E-state index contributed by atoms with van der Waals surface area (Å²) in [5.41, 5.74) is 6.90. The molecule has 0 saturated heterocycles. The van der Waals surface area contributed by atoms with Crippen LogP contribution in [0.25, 0.3) is 0 Å². The second kappa shape index (κ2) is 7.50. The summed E-state index contributed by atoms with van der Waals surface area (Å²) in [6.45, 7) is 2.85. The molecule has 3 nitrogen and oxygen atoms in total. The van der Waals surface area contributed by atoms with Crippen LogP contribution in [-0.4, -0.2) is 35.8 Å². The molecule has 5 heteroatoms. The highest BCUT2D eigenvalue weighted by Crippen LogP contribution is 2.15. The van der Waals surface area contributed by atoms with Crippen molar-refractivity contribution in [1.29, 1.82) is 5.41 Å². The lowest BCUT2D eigenvalue weighted by Crippen LogP contribution is -2.30. The van der Waals surface area contributed by atoms with Crippen LogP contribution in [0.15, 0.2) is 18.2 Å². The van der Waals surface area contributed by atoms with Gasteiger partial charge in [-0.05, 0) is 50.1 Å². The van der Waals surface area contributed by atoms with Gasteiger partial charge in [0.1, 0.15) is 11.7 Å². The molecule has 0 saturated carbocycles. The van der Waals surface area contributed by atoms with Gasteiger partial charge < -0.3 is 5.73 Å². The van der Waals surface area contributed by atoms with Crippen molar-refractivity contribution >= 4 is 17.6 Å². The molecule has 0 bridgehead atoms. The van der Waals surface area contributed by atoms with Crippen LogP contribution in [-0.2, 0) is 6.54 Å². The fourth-order valence-corrected chi connectivity index (χ4v) is 2.45. The minimum absolute atomic E-state index is 0.0836. The lowest BCUT2D eigenvalue weighted by atomic mass is 10.1. The van der Waals surface area contributed by atoms with Crippen molar-refractivity contribution in [1.82, 2.24) is 4.90 Å². The van der Waals surface area contributed by atoms with Gasteiger partial charge in [-0.25, -0.2) is 4.39 Å². The van der Waals surface area contributed by atoms with Gasteiger partial charge in [0.25, 0.3) is 0 Å². The Hall–Kier alpha value is -1.07. The molecule has 1 aromatic carbocycles. The van der Waals surface area contributed by atoms with Crippen molar-refractivity contribution in [3.63, 3.8) is 0 Å². The van der Waals surface area contributed by atoms with Crippen molar-refractivity contribution in [2.45, 2.75) is 25.9 Å². The van der Waals surface area contributed by atoms with Crippen molar-refractivity contribution < 1.29 is 4.39 Å². The SMILES string of the molecule is CSCCC(C)N(C)Cc1ccc(F)cc1C(=N)N. The van der Waals surface area contributed by atoms with Gasteiger partial charge in [0.15, 0.2) is 0 Å². The van der Waals surface area contributed by atoms with Crippen molar-refractivity contribution in [3.05, 3.63) is 35.1 Å². The van der Waals surface area contributed by atoms with E-state index in [-0.39, 0.29) is 11.7 Å². The maximum absolute atomic E-state index is 13.2. The molecule has 19 heavy (non-hydrogen) atoms. The van der Waals surface area contributed by atoms with E-state index in [4.69, 9.17) is 11.1 Å². The third-order valence-corrected chi connectivity index (χ3v) is 3.92. The summed E-state index contributed by atoms with van der Waals surface area (Å²) < 4.78 is 13.2. The average molecular weight is 283 g/mol. The van der Waals surface area contributed by atoms with E-state index in [1.807, 2.05) is 18.8 Å². The van der Waals surface area contributed by atoms with E-state index in [0.717, 1.165) is 17.7 Å². The van der Waals surface area contributed by atoms with Crippen LogP contribution in [0.1, 0.15) is 24.5 Å². The quantitative estimate of drug-likeness (QED) is 0.597. The zero-order valence-corrected chi connectivity index (χ0v) is 12.6. The topological polar surface area (TPSA) is 53.1 Å². The molecule has 1 unspecified atom stereocenters. The first kappa shape index (κ1) is 16.0. The smallest absolute Gasteiger partial charge is 0.123 e. The molecule has 0 aliphatic carbocycles. The first-order valence-corrected chi connectivity index (χ1v) is 7.67. The van der Waals surface area contributed by atoms with E-state index < -0.39 is 0 Å². The Bertz CT molecular complexity index is 437. The molecule has 106 valence electrons. The third-order valence-electron chi connectivity index (χ3n) is 3.27. The highest BCUT2D eigenvalue weighted by Gasteiger charge is 2.13. The van der Waals surface area contributed by atoms with Crippen LogP contribution in [0.3, 0.4) is 0 Å². The predicted octanol–water partition coefficient (Wildman–Crippen LogP) is 2.68. The maximum atomic E-state index is 13.2. The molecule has 0 radical (unpaired) electrons. The van der Waals surface area contributed by atoms with E-state index in [1.165, 1.54) is 12.1 Å². The number of amidine groups is 1. The van der Waals surface area contributed by atoms with Crippen LogP contribution in [0.5, 0.6) is 0 Å². The third kappa shape index (κ3) is 4.84. The number of hydrogen-bond donors (Lipinski definition) is 2. The molecule has 1 atom stereocenters. The zero-order chi connectivity index (χ0) is 14.4. The molecule has 1 rings (SSSR count). The fraction of sp³-hybridized carbons (Fsp3) is 0.500. The van der Waals surface area contributed by atoms with E-state index in [0.29, 0.717) is 18.2 Å². The molecule has 0 aromatic heterocycles. The minimum atomic E-state index is -0.355. The van der Waals surface area contributed by atoms with Crippen molar-refractivity contribution in [2.24, 2.45) is 5.73 Å². The highest BCUT2D eigenvalue weighted by molar-refractivity contribution is 7.98. The van der Waals surface area contributed by atoms with Crippen LogP contribution in [0.2, 0.25) is 0 Å². The highest BCUT2D eigenvalue weighted by atomic mass is 32.2. The van der Waals surface area contributed by atoms with Gasteiger partial charge in [-0.2, -0.15) is 11.8 Å². The van der Waals surface area contributed by atoms with Gasteiger partial charge in [0.2, 0.25) is 0 Å². The number of halogens is 1. The summed E-state index contributed by atoms with van der Waals surface area (Å²) >= 11 is 1.83. The second-order valence-corrected chi connectivity index (χ2v) is 5.75. The van der Waals surface area contributed by atoms with Crippen LogP contribution in [0, 0.1) is 11.2 Å². The number of thioether (sulfide) groups is 1. The largest absolute Gasteiger partial charge is 0.384 e. The van der Waals surface area contributed by atoms with Crippen LogP contribution < -0.4 is 5.73 Å². The molecule has 0 aliphatic heterocycles. The summed E-state index contributed by atoms with van der Waals surface area (Å²) in [6, 6.07) is 4.90. The van der Waals surface area contributed by atoms with Gasteiger partial charge in [-0.15, -0.1) is 0 Å². The van der Waals surface area contributed by atoms with Gasteiger partial charge in [-0.1, -0.05) is 6.07 Å². The van der Waals surface area contributed by atoms with Gasteiger partial charge in [-0.3, -0.25) is 10.3 Å². The molecule has 0 fully saturated rings. The fourth-order valence-electron chi connectivity index (χ4n) is 1.87. The molecular formula is C14H22FN3S. The maximum Gasteiger partial charge on any atom is 0.123 e. The number of nitrogens with one attached hydrogen (secondary N) is 1. The molecule has 0 spiro atoms. The number of rotatable bonds is 7. The summed E-state index contributed by atoms with van der Waals surface area (Å²) in [6.07, 6.45) is 3.20. The molecule has 1 aromatic rings. The average Bonchev–Trinajstić information content (AvgIpc) is 2.37. The summed E-state index contributed by atoms with van der Waals surface area (Å²) in [5.74, 6) is 0.681. The van der Waals surface area contributed by atoms with Crippen molar-refractivity contribution in [3.8, 4) is 0 Å². The van der Waals surface area contributed by atoms with Gasteiger partial charge in [0.05, 0.1) is 0 Å². The normalized spacial score (nSPS) is 12.7. The lowest BCUT2D eigenvalue weighted by molar-refractivity contribution is 0.245. The monoisotopic (exact) mass is 283 g/mol. The molecule has 0 amide bonds. The standard InChI is InChI=1S/C14H22FN3S/c1-10(6-7-19-3)18(2)9-11-4-5-12(15)8-13(11)14(16)17/h4-5,8,10H,6-7,9H2,1-3H3,(H3,16,17). The Morgan fingerprint density at radius 2 is 2.21 bits per heavy atom. The lowest BCUT2D eigenvalue weighted by Gasteiger charge is -2.25. The minimum Gasteiger partial charge on any atom is -0.384 e. The van der Waals surface area contributed by atoms with Crippen LogP contribution in [0.4, 0.5) is 4.39 Å². The molecular weight excluding hydrogens is 261 g/mol. The molecule has 0 aliphatic rings. The Labute approximate surface area is 118 Å². The summed E-state index contributed by atoms with van der Waals surface area (Å²) in [5, 5.41) is 7.52. The first-order chi connectivity index (χ1) is 8.95. The number of nitrogen functional groups attached to an aromatic ring is 1. The number of nitrogens with two attached hydrogens (primary N) is 1. The summed E-state index contributed by atoms with van der Waals surface area (Å²) in [7, 11) is 2.04. The van der Waals surface area contributed by atoms with E-state index >= 15 is 0 Å². The molecule has 3 N–H and O–H groups in total. The Balaban J connectivity index is 2.78. The van der Waals surface area contributed by atoms with Gasteiger partial charge >= 0.3 is 0 Å². The molecule has 0 heterocycles. The first-order valence-electron chi connectivity index (χ1n) is 6.27. The second-order valence-electron chi connectivity index (χ2n) is 4.76. The number of benzene rings is 1. The Morgan fingerprint density at radius 1 is 1.53 bits per heavy atom. The Morgan fingerprint density at radius 3 is 2.79 bits per heavy atom. The predicted molar refractivity (Wildman–Crippen MR) is 81.3 cm³/mol.